The largest absolute Gasteiger partial charge is 0.436 e. The standard InChI is InChI=1S/C19H17FN2O3/c1-12(11-23)22-18(24)13-6-2-3-7-14(13)19-21-10-17(25-19)15-8-4-5-9-16(15)20/h2-10,12,23H,11H2,1H3,(H,22,24)/t12-/m1/s1. The van der Waals surface area contributed by atoms with Crippen LogP contribution in [0.25, 0.3) is 22.8 Å². The number of carbonyl (C=O) groups excluding carboxylic acids is 1. The minimum atomic E-state index is -0.409. The molecule has 2 aromatic carbocycles. The number of benzene rings is 2. The van der Waals surface area contributed by atoms with E-state index >= 15 is 0 Å². The Morgan fingerprint density at radius 1 is 1.20 bits per heavy atom. The quantitative estimate of drug-likeness (QED) is 0.747. The van der Waals surface area contributed by atoms with E-state index in [2.05, 4.69) is 10.3 Å². The molecule has 3 rings (SSSR count). The highest BCUT2D eigenvalue weighted by Crippen LogP contribution is 2.29. The number of aliphatic hydroxyl groups is 1. The maximum atomic E-state index is 13.9. The summed E-state index contributed by atoms with van der Waals surface area (Å²) < 4.78 is 19.6. The van der Waals surface area contributed by atoms with Crippen molar-refractivity contribution < 1.29 is 18.7 Å². The van der Waals surface area contributed by atoms with Crippen LogP contribution in [0.2, 0.25) is 0 Å². The summed E-state index contributed by atoms with van der Waals surface area (Å²) >= 11 is 0. The molecule has 0 radical (unpaired) electrons. The summed E-state index contributed by atoms with van der Waals surface area (Å²) in [5.41, 5.74) is 1.16. The number of aromatic nitrogens is 1. The van der Waals surface area contributed by atoms with Crippen molar-refractivity contribution in [1.82, 2.24) is 10.3 Å². The molecule has 6 heteroatoms. The molecular formula is C19H17FN2O3. The Labute approximate surface area is 144 Å². The molecule has 0 aliphatic carbocycles. The van der Waals surface area contributed by atoms with Crippen molar-refractivity contribution >= 4 is 5.91 Å². The molecule has 1 atom stereocenters. The molecule has 128 valence electrons. The first-order valence-corrected chi connectivity index (χ1v) is 7.82. The van der Waals surface area contributed by atoms with E-state index in [0.29, 0.717) is 16.7 Å². The average Bonchev–Trinajstić information content (AvgIpc) is 3.11. The molecule has 0 saturated heterocycles. The topological polar surface area (TPSA) is 75.4 Å². The van der Waals surface area contributed by atoms with E-state index in [-0.39, 0.29) is 30.2 Å². The molecule has 0 saturated carbocycles. The summed E-state index contributed by atoms with van der Waals surface area (Å²) in [6, 6.07) is 12.7. The lowest BCUT2D eigenvalue weighted by molar-refractivity contribution is 0.0922. The molecule has 5 nitrogen and oxygen atoms in total. The maximum Gasteiger partial charge on any atom is 0.252 e. The molecule has 25 heavy (non-hydrogen) atoms. The van der Waals surface area contributed by atoms with Crippen molar-refractivity contribution in [2.75, 3.05) is 6.61 Å². The van der Waals surface area contributed by atoms with Gasteiger partial charge in [-0.2, -0.15) is 0 Å². The van der Waals surface area contributed by atoms with Gasteiger partial charge in [-0.25, -0.2) is 9.37 Å². The van der Waals surface area contributed by atoms with E-state index in [0.717, 1.165) is 0 Å². The maximum absolute atomic E-state index is 13.9. The summed E-state index contributed by atoms with van der Waals surface area (Å²) in [7, 11) is 0. The van der Waals surface area contributed by atoms with Gasteiger partial charge in [0.05, 0.1) is 23.9 Å². The number of oxazole rings is 1. The van der Waals surface area contributed by atoms with Gasteiger partial charge in [-0.15, -0.1) is 0 Å². The van der Waals surface area contributed by atoms with Crippen molar-refractivity contribution in [3.05, 3.63) is 66.1 Å². The molecule has 0 unspecified atom stereocenters. The van der Waals surface area contributed by atoms with Gasteiger partial charge in [0.15, 0.2) is 5.76 Å². The Hall–Kier alpha value is -2.99. The van der Waals surface area contributed by atoms with E-state index in [9.17, 15) is 9.18 Å². The molecule has 1 aromatic heterocycles. The first-order chi connectivity index (χ1) is 12.1. The molecule has 2 N–H and O–H groups in total. The molecule has 0 bridgehead atoms. The van der Waals surface area contributed by atoms with Crippen LogP contribution in [0, 0.1) is 5.82 Å². The second-order valence-electron chi connectivity index (χ2n) is 5.61. The van der Waals surface area contributed by atoms with Gasteiger partial charge in [-0.3, -0.25) is 4.79 Å². The second-order valence-corrected chi connectivity index (χ2v) is 5.61. The summed E-state index contributed by atoms with van der Waals surface area (Å²) in [5.74, 6) is -0.247. The molecule has 1 heterocycles. The number of aliphatic hydroxyl groups excluding tert-OH is 1. The van der Waals surface area contributed by atoms with Crippen LogP contribution >= 0.6 is 0 Å². The first kappa shape index (κ1) is 16.9. The number of nitrogens with zero attached hydrogens (tertiary/aromatic N) is 1. The average molecular weight is 340 g/mol. The third-order valence-electron chi connectivity index (χ3n) is 3.70. The van der Waals surface area contributed by atoms with E-state index in [1.807, 2.05) is 0 Å². The molecular weight excluding hydrogens is 323 g/mol. The zero-order valence-corrected chi connectivity index (χ0v) is 13.6. The summed E-state index contributed by atoms with van der Waals surface area (Å²) in [6.45, 7) is 1.53. The fourth-order valence-electron chi connectivity index (χ4n) is 2.40. The van der Waals surface area contributed by atoms with E-state index < -0.39 is 5.82 Å². The van der Waals surface area contributed by atoms with Crippen LogP contribution in [0.1, 0.15) is 17.3 Å². The van der Waals surface area contributed by atoms with Crippen LogP contribution in [0.3, 0.4) is 0 Å². The molecule has 0 spiro atoms. The number of rotatable bonds is 5. The molecule has 0 fully saturated rings. The van der Waals surface area contributed by atoms with Crippen molar-refractivity contribution in [2.45, 2.75) is 13.0 Å². The number of carbonyl (C=O) groups is 1. The zero-order chi connectivity index (χ0) is 17.8. The highest BCUT2D eigenvalue weighted by Gasteiger charge is 2.18. The first-order valence-electron chi connectivity index (χ1n) is 7.82. The van der Waals surface area contributed by atoms with Gasteiger partial charge < -0.3 is 14.8 Å². The van der Waals surface area contributed by atoms with Crippen LogP contribution in [0.4, 0.5) is 4.39 Å². The Balaban J connectivity index is 1.96. The highest BCUT2D eigenvalue weighted by molar-refractivity contribution is 6.00. The fraction of sp³-hybridized carbons (Fsp3) is 0.158. The van der Waals surface area contributed by atoms with Gasteiger partial charge in [-0.05, 0) is 31.2 Å². The van der Waals surface area contributed by atoms with E-state index in [4.69, 9.17) is 9.52 Å². The van der Waals surface area contributed by atoms with Gasteiger partial charge in [0.25, 0.3) is 5.91 Å². The minimum absolute atomic E-state index is 0.162. The van der Waals surface area contributed by atoms with Crippen LogP contribution in [-0.4, -0.2) is 28.6 Å². The van der Waals surface area contributed by atoms with E-state index in [1.54, 1.807) is 49.4 Å². The Morgan fingerprint density at radius 2 is 1.88 bits per heavy atom. The predicted molar refractivity (Wildman–Crippen MR) is 91.3 cm³/mol. The Bertz CT molecular complexity index is 892. The SMILES string of the molecule is C[C@H](CO)NC(=O)c1ccccc1-c1ncc(-c2ccccc2F)o1. The van der Waals surface area contributed by atoms with E-state index in [1.165, 1.54) is 12.3 Å². The lowest BCUT2D eigenvalue weighted by Gasteiger charge is -2.12. The zero-order valence-electron chi connectivity index (χ0n) is 13.6. The Morgan fingerprint density at radius 3 is 2.60 bits per heavy atom. The van der Waals surface area contributed by atoms with Gasteiger partial charge in [-0.1, -0.05) is 24.3 Å². The number of hydrogen-bond donors (Lipinski definition) is 2. The summed E-state index contributed by atoms with van der Waals surface area (Å²) in [4.78, 5) is 16.6. The van der Waals surface area contributed by atoms with Crippen LogP contribution in [0.15, 0.2) is 59.1 Å². The Kier molecular flexibility index (Phi) is 4.90. The molecule has 3 aromatic rings. The minimum Gasteiger partial charge on any atom is -0.436 e. The van der Waals surface area contributed by atoms with Crippen molar-refractivity contribution in [3.8, 4) is 22.8 Å². The van der Waals surface area contributed by atoms with Gasteiger partial charge in [0.2, 0.25) is 5.89 Å². The summed E-state index contributed by atoms with van der Waals surface area (Å²) in [5, 5.41) is 11.8. The van der Waals surface area contributed by atoms with Gasteiger partial charge in [0, 0.05) is 11.6 Å². The number of nitrogens with one attached hydrogen (secondary N) is 1. The van der Waals surface area contributed by atoms with Crippen LogP contribution in [-0.2, 0) is 0 Å². The normalized spacial score (nSPS) is 12.0. The predicted octanol–water partition coefficient (Wildman–Crippen LogP) is 3.26. The second kappa shape index (κ2) is 7.27. The van der Waals surface area contributed by atoms with Gasteiger partial charge in [0.1, 0.15) is 5.82 Å². The van der Waals surface area contributed by atoms with Crippen LogP contribution in [0.5, 0.6) is 0 Å². The monoisotopic (exact) mass is 340 g/mol. The molecule has 0 aliphatic heterocycles. The number of hydrogen-bond acceptors (Lipinski definition) is 4. The van der Waals surface area contributed by atoms with Crippen molar-refractivity contribution in [2.24, 2.45) is 0 Å². The smallest absolute Gasteiger partial charge is 0.252 e. The van der Waals surface area contributed by atoms with Crippen LogP contribution < -0.4 is 5.32 Å². The molecule has 0 aliphatic rings. The number of halogens is 1. The third kappa shape index (κ3) is 3.59. The third-order valence-corrected chi connectivity index (χ3v) is 3.70. The van der Waals surface area contributed by atoms with Gasteiger partial charge >= 0.3 is 0 Å². The molecule has 1 amide bonds. The van der Waals surface area contributed by atoms with Crippen molar-refractivity contribution in [3.63, 3.8) is 0 Å². The summed E-state index contributed by atoms with van der Waals surface area (Å²) in [6.07, 6.45) is 1.43. The lowest BCUT2D eigenvalue weighted by Crippen LogP contribution is -2.35. The fourth-order valence-corrected chi connectivity index (χ4v) is 2.40. The van der Waals surface area contributed by atoms with Crippen molar-refractivity contribution in [1.29, 1.82) is 0 Å². The lowest BCUT2D eigenvalue weighted by atomic mass is 10.1. The highest BCUT2D eigenvalue weighted by atomic mass is 19.1. The number of amides is 1.